The lowest BCUT2D eigenvalue weighted by Gasteiger charge is -2.39. The minimum atomic E-state index is 0.0417. The van der Waals surface area contributed by atoms with Gasteiger partial charge in [-0.2, -0.15) is 0 Å². The maximum Gasteiger partial charge on any atom is 0.209 e. The maximum absolute atomic E-state index is 10.7. The number of carbonyl (C=O) groups is 1. The van der Waals surface area contributed by atoms with Gasteiger partial charge in [-0.3, -0.25) is 9.69 Å². The molecule has 0 saturated carbocycles. The Kier molecular flexibility index (Phi) is 8.52. The monoisotopic (exact) mass is 324 g/mol. The number of hydrogen-bond donors (Lipinski definition) is 1. The van der Waals surface area contributed by atoms with Crippen molar-refractivity contribution in [2.24, 2.45) is 0 Å². The Morgan fingerprint density at radius 3 is 2.52 bits per heavy atom. The number of hydrogen-bond acceptors (Lipinski definition) is 4. The summed E-state index contributed by atoms with van der Waals surface area (Å²) in [7, 11) is 1.71. The lowest BCUT2D eigenvalue weighted by Crippen LogP contribution is -2.54. The molecule has 1 atom stereocenters. The Hall–Kier alpha value is -1.17. The molecule has 1 unspecified atom stereocenters. The molecule has 2 rings (SSSR count). The first-order valence-electron chi connectivity index (χ1n) is 8.34. The largest absolute Gasteiger partial charge is 0.395 e. The number of aliphatic hydroxyl groups excluding tert-OH is 1. The van der Waals surface area contributed by atoms with Gasteiger partial charge in [0, 0.05) is 33.3 Å². The third-order valence-electron chi connectivity index (χ3n) is 4.07. The van der Waals surface area contributed by atoms with Gasteiger partial charge in [0.2, 0.25) is 6.41 Å². The van der Waals surface area contributed by atoms with E-state index in [-0.39, 0.29) is 18.2 Å². The summed E-state index contributed by atoms with van der Waals surface area (Å²) < 4.78 is 4.94. The van der Waals surface area contributed by atoms with E-state index >= 15 is 0 Å². The van der Waals surface area contributed by atoms with E-state index in [1.165, 1.54) is 5.57 Å². The fraction of sp³-hybridized carbons (Fsp3) is 0.722. The number of methoxy groups -OCH3 is 1. The summed E-state index contributed by atoms with van der Waals surface area (Å²) >= 11 is 0. The van der Waals surface area contributed by atoms with Gasteiger partial charge < -0.3 is 14.7 Å². The summed E-state index contributed by atoms with van der Waals surface area (Å²) in [5.41, 5.74) is 1.37. The smallest absolute Gasteiger partial charge is 0.209 e. The third kappa shape index (κ3) is 7.77. The van der Waals surface area contributed by atoms with Crippen molar-refractivity contribution in [3.8, 4) is 0 Å². The molecule has 0 aromatic rings. The van der Waals surface area contributed by atoms with E-state index in [2.05, 4.69) is 23.1 Å². The zero-order chi connectivity index (χ0) is 17.3. The van der Waals surface area contributed by atoms with E-state index in [4.69, 9.17) is 4.74 Å². The number of aliphatic hydroxyl groups is 1. The van der Waals surface area contributed by atoms with Crippen LogP contribution in [0.5, 0.6) is 0 Å². The van der Waals surface area contributed by atoms with Crippen LogP contribution < -0.4 is 0 Å². The second-order valence-corrected chi connectivity index (χ2v) is 6.98. The number of allylic oxidation sites excluding steroid dienone is 2. The molecular formula is C18H32N2O3. The topological polar surface area (TPSA) is 53.0 Å². The van der Waals surface area contributed by atoms with E-state index < -0.39 is 0 Å². The molecule has 1 aliphatic carbocycles. The summed E-state index contributed by atoms with van der Waals surface area (Å²) in [6.07, 6.45) is 9.76. The fourth-order valence-corrected chi connectivity index (χ4v) is 2.41. The maximum atomic E-state index is 10.7. The zero-order valence-corrected chi connectivity index (χ0v) is 15.0. The Balaban J connectivity index is 0.000000379. The van der Waals surface area contributed by atoms with Crippen molar-refractivity contribution in [2.45, 2.75) is 45.3 Å². The van der Waals surface area contributed by atoms with Gasteiger partial charge in [-0.25, -0.2) is 0 Å². The van der Waals surface area contributed by atoms with Crippen molar-refractivity contribution in [3.05, 3.63) is 23.8 Å². The lowest BCUT2D eigenvalue weighted by molar-refractivity contribution is -0.121. The van der Waals surface area contributed by atoms with Crippen molar-refractivity contribution >= 4 is 6.41 Å². The average Bonchev–Trinajstić information content (AvgIpc) is 2.56. The van der Waals surface area contributed by atoms with Crippen molar-refractivity contribution in [1.29, 1.82) is 0 Å². The number of ether oxygens (including phenoxy) is 1. The number of rotatable bonds is 4. The standard InChI is InChI=1S/C13H20N2O2.C5H12O/c16-10-13-9-14(11-17)6-7-15(13)8-12-4-2-1-3-5-12;1-5(2,3)6-4/h2,4-5,11,13,16H,1,3,6-10H2;1-4H3. The molecule has 1 N–H and O–H groups in total. The third-order valence-corrected chi connectivity index (χ3v) is 4.07. The molecule has 1 fully saturated rings. The summed E-state index contributed by atoms with van der Waals surface area (Å²) in [6, 6.07) is 0.0742. The Morgan fingerprint density at radius 1 is 1.35 bits per heavy atom. The van der Waals surface area contributed by atoms with Gasteiger partial charge in [-0.05, 0) is 39.2 Å². The van der Waals surface area contributed by atoms with E-state index in [0.29, 0.717) is 6.54 Å². The number of amides is 1. The normalized spacial score (nSPS) is 22.2. The highest BCUT2D eigenvalue weighted by Crippen LogP contribution is 2.15. The quantitative estimate of drug-likeness (QED) is 0.802. The van der Waals surface area contributed by atoms with Gasteiger partial charge in [-0.15, -0.1) is 0 Å². The lowest BCUT2D eigenvalue weighted by atomic mass is 10.1. The molecule has 0 aromatic carbocycles. The average molecular weight is 324 g/mol. The molecule has 1 saturated heterocycles. The summed E-state index contributed by atoms with van der Waals surface area (Å²) in [5, 5.41) is 9.38. The minimum Gasteiger partial charge on any atom is -0.395 e. The molecule has 0 aromatic heterocycles. The highest BCUT2D eigenvalue weighted by Gasteiger charge is 2.25. The molecule has 0 spiro atoms. The Bertz CT molecular complexity index is 413. The van der Waals surface area contributed by atoms with Crippen LogP contribution in [0.1, 0.15) is 33.6 Å². The first kappa shape index (κ1) is 19.9. The number of carbonyl (C=O) groups excluding carboxylic acids is 1. The second kappa shape index (κ2) is 9.85. The first-order valence-corrected chi connectivity index (χ1v) is 8.34. The van der Waals surface area contributed by atoms with Crippen molar-refractivity contribution in [1.82, 2.24) is 9.80 Å². The SMILES string of the molecule is COC(C)(C)C.O=CN1CCN(CC2=CCCC=C2)C(CO)C1. The van der Waals surface area contributed by atoms with Gasteiger partial charge in [0.25, 0.3) is 0 Å². The van der Waals surface area contributed by atoms with E-state index in [1.54, 1.807) is 12.0 Å². The van der Waals surface area contributed by atoms with Gasteiger partial charge in [0.1, 0.15) is 0 Å². The van der Waals surface area contributed by atoms with Crippen molar-refractivity contribution in [2.75, 3.05) is 39.9 Å². The van der Waals surface area contributed by atoms with Gasteiger partial charge >= 0.3 is 0 Å². The minimum absolute atomic E-state index is 0.0417. The summed E-state index contributed by atoms with van der Waals surface area (Å²) in [4.78, 5) is 14.7. The van der Waals surface area contributed by atoms with Crippen molar-refractivity contribution < 1.29 is 14.6 Å². The van der Waals surface area contributed by atoms with Crippen LogP contribution in [0.3, 0.4) is 0 Å². The highest BCUT2D eigenvalue weighted by atomic mass is 16.5. The van der Waals surface area contributed by atoms with Crippen LogP contribution in [-0.4, -0.2) is 72.9 Å². The predicted molar refractivity (Wildman–Crippen MR) is 93.3 cm³/mol. The molecule has 1 amide bonds. The van der Waals surface area contributed by atoms with Crippen LogP contribution >= 0.6 is 0 Å². The highest BCUT2D eigenvalue weighted by molar-refractivity contribution is 5.47. The van der Waals surface area contributed by atoms with Gasteiger partial charge in [-0.1, -0.05) is 18.2 Å². The van der Waals surface area contributed by atoms with E-state index in [0.717, 1.165) is 38.9 Å². The molecule has 132 valence electrons. The summed E-state index contributed by atoms with van der Waals surface area (Å²) in [6.45, 7) is 9.30. The molecule has 5 nitrogen and oxygen atoms in total. The summed E-state index contributed by atoms with van der Waals surface area (Å²) in [5.74, 6) is 0. The Morgan fingerprint density at radius 2 is 2.04 bits per heavy atom. The van der Waals surface area contributed by atoms with Gasteiger partial charge in [0.15, 0.2) is 0 Å². The first-order chi connectivity index (χ1) is 10.9. The van der Waals surface area contributed by atoms with Crippen LogP contribution in [0.4, 0.5) is 0 Å². The molecule has 1 heterocycles. The molecule has 1 aliphatic heterocycles. The predicted octanol–water partition coefficient (Wildman–Crippen LogP) is 1.83. The number of nitrogens with zero attached hydrogens (tertiary/aromatic N) is 2. The van der Waals surface area contributed by atoms with E-state index in [1.807, 2.05) is 20.8 Å². The number of piperazine rings is 1. The van der Waals surface area contributed by atoms with Crippen LogP contribution in [0.2, 0.25) is 0 Å². The van der Waals surface area contributed by atoms with Crippen molar-refractivity contribution in [3.63, 3.8) is 0 Å². The van der Waals surface area contributed by atoms with Crippen LogP contribution in [0, 0.1) is 0 Å². The van der Waals surface area contributed by atoms with Gasteiger partial charge in [0.05, 0.1) is 18.2 Å². The second-order valence-electron chi connectivity index (χ2n) is 6.98. The van der Waals surface area contributed by atoms with Crippen LogP contribution in [0.25, 0.3) is 0 Å². The molecule has 5 heteroatoms. The van der Waals surface area contributed by atoms with Crippen LogP contribution in [0.15, 0.2) is 23.8 Å². The zero-order valence-electron chi connectivity index (χ0n) is 15.0. The van der Waals surface area contributed by atoms with E-state index in [9.17, 15) is 9.90 Å². The molecule has 0 radical (unpaired) electrons. The Labute approximate surface area is 140 Å². The molecule has 2 aliphatic rings. The fourth-order valence-electron chi connectivity index (χ4n) is 2.41. The molecule has 23 heavy (non-hydrogen) atoms. The van der Waals surface area contributed by atoms with Crippen LogP contribution in [-0.2, 0) is 9.53 Å². The molecule has 0 bridgehead atoms. The molecular weight excluding hydrogens is 292 g/mol.